The van der Waals surface area contributed by atoms with E-state index in [0.717, 1.165) is 10.9 Å². The second-order valence-corrected chi connectivity index (χ2v) is 6.18. The Kier molecular flexibility index (Phi) is 5.83. The maximum atomic E-state index is 12.3. The van der Waals surface area contributed by atoms with Crippen LogP contribution in [0.1, 0.15) is 18.2 Å². The van der Waals surface area contributed by atoms with Gasteiger partial charge in [0.05, 0.1) is 12.5 Å². The van der Waals surface area contributed by atoms with Crippen LogP contribution in [0.15, 0.2) is 59.1 Å². The third-order valence-corrected chi connectivity index (χ3v) is 4.06. The van der Waals surface area contributed by atoms with Crippen molar-refractivity contribution in [3.05, 3.63) is 65.9 Å². The minimum absolute atomic E-state index is 0.0622. The van der Waals surface area contributed by atoms with Crippen LogP contribution in [0.5, 0.6) is 0 Å². The first-order valence-corrected chi connectivity index (χ1v) is 8.56. The fourth-order valence-electron chi connectivity index (χ4n) is 2.64. The van der Waals surface area contributed by atoms with E-state index in [1.54, 1.807) is 12.1 Å². The van der Waals surface area contributed by atoms with Crippen LogP contribution < -0.4 is 5.32 Å². The highest BCUT2D eigenvalue weighted by Crippen LogP contribution is 2.18. The molecular weight excluding hydrogens is 348 g/mol. The van der Waals surface area contributed by atoms with Crippen LogP contribution in [0, 0.1) is 0 Å². The van der Waals surface area contributed by atoms with Crippen molar-refractivity contribution in [1.29, 1.82) is 0 Å². The molecule has 3 rings (SSSR count). The van der Waals surface area contributed by atoms with Crippen LogP contribution in [0.3, 0.4) is 0 Å². The highest BCUT2D eigenvalue weighted by molar-refractivity contribution is 5.89. The van der Waals surface area contributed by atoms with Gasteiger partial charge in [0.25, 0.3) is 0 Å². The topological polar surface area (TPSA) is 102 Å². The van der Waals surface area contributed by atoms with E-state index in [2.05, 4.69) is 10.5 Å². The lowest BCUT2D eigenvalue weighted by atomic mass is 10.1. The number of amides is 1. The van der Waals surface area contributed by atoms with E-state index in [-0.39, 0.29) is 13.0 Å². The number of esters is 1. The van der Waals surface area contributed by atoms with Gasteiger partial charge in [-0.25, -0.2) is 4.79 Å². The predicted molar refractivity (Wildman–Crippen MR) is 97.6 cm³/mol. The van der Waals surface area contributed by atoms with E-state index in [4.69, 9.17) is 9.26 Å². The molecule has 0 fully saturated rings. The number of hydrogen-bond acceptors (Lipinski definition) is 6. The molecule has 1 heterocycles. The Morgan fingerprint density at radius 2 is 1.85 bits per heavy atom. The SMILES string of the molecule is C[C@H](O)[C@H](NC(=O)Cc1noc2ccccc12)C(=O)OCc1ccccc1. The number of aliphatic hydroxyl groups excluding tert-OH is 1. The smallest absolute Gasteiger partial charge is 0.331 e. The van der Waals surface area contributed by atoms with Crippen LogP contribution in [-0.4, -0.2) is 34.3 Å². The molecule has 0 aliphatic rings. The second kappa shape index (κ2) is 8.46. The van der Waals surface area contributed by atoms with Gasteiger partial charge in [0, 0.05) is 5.39 Å². The van der Waals surface area contributed by atoms with Crippen molar-refractivity contribution in [3.8, 4) is 0 Å². The van der Waals surface area contributed by atoms with E-state index >= 15 is 0 Å². The molecular formula is C20H20N2O5. The molecule has 27 heavy (non-hydrogen) atoms. The van der Waals surface area contributed by atoms with E-state index in [1.165, 1.54) is 6.92 Å². The first kappa shape index (κ1) is 18.6. The summed E-state index contributed by atoms with van der Waals surface area (Å²) in [7, 11) is 0. The largest absolute Gasteiger partial charge is 0.459 e. The first-order chi connectivity index (χ1) is 13.0. The highest BCUT2D eigenvalue weighted by atomic mass is 16.5. The first-order valence-electron chi connectivity index (χ1n) is 8.56. The van der Waals surface area contributed by atoms with Crippen LogP contribution in [0.25, 0.3) is 11.0 Å². The Labute approximate surface area is 155 Å². The molecule has 2 N–H and O–H groups in total. The molecule has 2 aromatic carbocycles. The molecule has 0 bridgehead atoms. The number of carbonyl (C=O) groups excluding carboxylic acids is 2. The number of hydrogen-bond donors (Lipinski definition) is 2. The summed E-state index contributed by atoms with van der Waals surface area (Å²) in [4.78, 5) is 24.6. The van der Waals surface area contributed by atoms with Gasteiger partial charge in [-0.05, 0) is 24.6 Å². The van der Waals surface area contributed by atoms with E-state index in [9.17, 15) is 14.7 Å². The minimum Gasteiger partial charge on any atom is -0.459 e. The van der Waals surface area contributed by atoms with Gasteiger partial charge in [-0.3, -0.25) is 4.79 Å². The van der Waals surface area contributed by atoms with Crippen molar-refractivity contribution in [3.63, 3.8) is 0 Å². The number of aliphatic hydroxyl groups is 1. The fraction of sp³-hybridized carbons (Fsp3) is 0.250. The quantitative estimate of drug-likeness (QED) is 0.619. The second-order valence-electron chi connectivity index (χ2n) is 6.18. The number of rotatable bonds is 7. The number of fused-ring (bicyclic) bond motifs is 1. The summed E-state index contributed by atoms with van der Waals surface area (Å²) in [5.74, 6) is -1.16. The Bertz CT molecular complexity index is 920. The zero-order chi connectivity index (χ0) is 19.2. The zero-order valence-corrected chi connectivity index (χ0v) is 14.8. The van der Waals surface area contributed by atoms with Crippen molar-refractivity contribution in [2.45, 2.75) is 32.1 Å². The Morgan fingerprint density at radius 1 is 1.15 bits per heavy atom. The standard InChI is InChI=1S/C20H20N2O5/c1-13(23)19(20(25)26-12-14-7-3-2-4-8-14)21-18(24)11-16-15-9-5-6-10-17(15)27-22-16/h2-10,13,19,23H,11-12H2,1H3,(H,21,24)/t13-,19-/m0/s1. The van der Waals surface area contributed by atoms with Gasteiger partial charge < -0.3 is 19.7 Å². The number of ether oxygens (including phenoxy) is 1. The van der Waals surface area contributed by atoms with Crippen molar-refractivity contribution >= 4 is 22.8 Å². The number of nitrogens with one attached hydrogen (secondary N) is 1. The summed E-state index contributed by atoms with van der Waals surface area (Å²) in [6.45, 7) is 1.48. The number of para-hydroxylation sites is 1. The van der Waals surface area contributed by atoms with E-state index < -0.39 is 24.0 Å². The Morgan fingerprint density at radius 3 is 2.59 bits per heavy atom. The molecule has 0 saturated carbocycles. The van der Waals surface area contributed by atoms with Gasteiger partial charge in [0.2, 0.25) is 5.91 Å². The van der Waals surface area contributed by atoms with Gasteiger partial charge in [-0.15, -0.1) is 0 Å². The molecule has 7 heteroatoms. The van der Waals surface area contributed by atoms with E-state index in [1.807, 2.05) is 42.5 Å². The molecule has 7 nitrogen and oxygen atoms in total. The summed E-state index contributed by atoms with van der Waals surface area (Å²) in [5.41, 5.74) is 1.86. The average Bonchev–Trinajstić information content (AvgIpc) is 3.08. The van der Waals surface area contributed by atoms with Gasteiger partial charge in [0.15, 0.2) is 11.6 Å². The van der Waals surface area contributed by atoms with E-state index in [0.29, 0.717) is 11.3 Å². The van der Waals surface area contributed by atoms with Crippen LogP contribution in [0.2, 0.25) is 0 Å². The number of carbonyl (C=O) groups is 2. The monoisotopic (exact) mass is 368 g/mol. The number of nitrogens with zero attached hydrogens (tertiary/aromatic N) is 1. The molecule has 0 saturated heterocycles. The van der Waals surface area contributed by atoms with Crippen molar-refractivity contribution in [2.75, 3.05) is 0 Å². The van der Waals surface area contributed by atoms with Gasteiger partial charge in [0.1, 0.15) is 12.3 Å². The Balaban J connectivity index is 1.61. The summed E-state index contributed by atoms with van der Waals surface area (Å²) in [6.07, 6.45) is -1.18. The lowest BCUT2D eigenvalue weighted by Crippen LogP contribution is -2.49. The third kappa shape index (κ3) is 4.71. The summed E-state index contributed by atoms with van der Waals surface area (Å²) >= 11 is 0. The van der Waals surface area contributed by atoms with Gasteiger partial charge in [-0.2, -0.15) is 0 Å². The summed E-state index contributed by atoms with van der Waals surface area (Å²) in [5, 5.41) is 17.0. The summed E-state index contributed by atoms with van der Waals surface area (Å²) < 4.78 is 10.4. The average molecular weight is 368 g/mol. The summed E-state index contributed by atoms with van der Waals surface area (Å²) in [6, 6.07) is 15.2. The van der Waals surface area contributed by atoms with Crippen LogP contribution in [-0.2, 0) is 27.4 Å². The van der Waals surface area contributed by atoms with Crippen LogP contribution >= 0.6 is 0 Å². The number of aromatic nitrogens is 1. The fourth-order valence-corrected chi connectivity index (χ4v) is 2.64. The predicted octanol–water partition coefficient (Wildman–Crippen LogP) is 1.98. The third-order valence-electron chi connectivity index (χ3n) is 4.06. The Hall–Kier alpha value is -3.19. The highest BCUT2D eigenvalue weighted by Gasteiger charge is 2.27. The lowest BCUT2D eigenvalue weighted by molar-refractivity contribution is -0.152. The maximum absolute atomic E-state index is 12.3. The van der Waals surface area contributed by atoms with Gasteiger partial charge in [-0.1, -0.05) is 47.6 Å². The number of benzene rings is 2. The lowest BCUT2D eigenvalue weighted by Gasteiger charge is -2.20. The molecule has 0 spiro atoms. The molecule has 1 aromatic heterocycles. The molecule has 0 radical (unpaired) electrons. The molecule has 1 amide bonds. The molecule has 140 valence electrons. The normalized spacial score (nSPS) is 13.1. The minimum atomic E-state index is -1.17. The van der Waals surface area contributed by atoms with Crippen LogP contribution in [0.4, 0.5) is 0 Å². The molecule has 0 aliphatic carbocycles. The van der Waals surface area contributed by atoms with Crippen molar-refractivity contribution < 1.29 is 24.0 Å². The maximum Gasteiger partial charge on any atom is 0.331 e. The van der Waals surface area contributed by atoms with Crippen molar-refractivity contribution in [2.24, 2.45) is 0 Å². The zero-order valence-electron chi connectivity index (χ0n) is 14.8. The molecule has 3 aromatic rings. The molecule has 0 unspecified atom stereocenters. The molecule has 2 atom stereocenters. The van der Waals surface area contributed by atoms with Gasteiger partial charge >= 0.3 is 5.97 Å². The van der Waals surface area contributed by atoms with Crippen molar-refractivity contribution in [1.82, 2.24) is 10.5 Å². The molecule has 0 aliphatic heterocycles.